The molecule has 1 N–H and O–H groups in total. The highest BCUT2D eigenvalue weighted by molar-refractivity contribution is 5.85. The Kier molecular flexibility index (Phi) is 2.87. The minimum atomic E-state index is -0.632. The summed E-state index contributed by atoms with van der Waals surface area (Å²) in [6.07, 6.45) is 6.26. The Labute approximate surface area is 148 Å². The molecule has 3 aliphatic carbocycles. The molecular formula is C21H25NO3. The standard InChI is InChI=1S/C21H25NO3/c23-18-14-11-15-17-16(14)20(24)22(13-9-5-2-6-10-13)21(17,25-19(15)18)12-7-3-1-4-8-12/h1,3-4,7-8,13-19,23H,2,5-6,9-11H2. The molecule has 7 atom stereocenters. The summed E-state index contributed by atoms with van der Waals surface area (Å²) < 4.78 is 6.71. The number of hydrogen-bond acceptors (Lipinski definition) is 3. The highest BCUT2D eigenvalue weighted by atomic mass is 16.6. The van der Waals surface area contributed by atoms with Gasteiger partial charge < -0.3 is 14.7 Å². The summed E-state index contributed by atoms with van der Waals surface area (Å²) in [6.45, 7) is 0. The smallest absolute Gasteiger partial charge is 0.229 e. The number of fused-ring (bicyclic) bond motifs is 2. The molecule has 2 saturated heterocycles. The molecule has 0 aromatic heterocycles. The summed E-state index contributed by atoms with van der Waals surface area (Å²) in [5, 5.41) is 10.7. The van der Waals surface area contributed by atoms with Crippen LogP contribution in [0.5, 0.6) is 0 Å². The Balaban J connectivity index is 1.54. The number of amides is 1. The number of aliphatic hydroxyl groups is 1. The molecule has 0 spiro atoms. The predicted molar refractivity (Wildman–Crippen MR) is 91.3 cm³/mol. The Hall–Kier alpha value is -1.39. The first kappa shape index (κ1) is 14.7. The molecule has 5 fully saturated rings. The van der Waals surface area contributed by atoms with Crippen LogP contribution in [0.3, 0.4) is 0 Å². The molecule has 2 bridgehead atoms. The maximum atomic E-state index is 13.6. The van der Waals surface area contributed by atoms with Crippen molar-refractivity contribution in [2.75, 3.05) is 0 Å². The molecule has 2 heterocycles. The van der Waals surface area contributed by atoms with Crippen molar-refractivity contribution < 1.29 is 14.6 Å². The Morgan fingerprint density at radius 1 is 1.08 bits per heavy atom. The monoisotopic (exact) mass is 339 g/mol. The zero-order chi connectivity index (χ0) is 16.8. The number of carbonyl (C=O) groups is 1. The fourth-order valence-corrected chi connectivity index (χ4v) is 7.05. The number of carbonyl (C=O) groups excluding carboxylic acids is 1. The van der Waals surface area contributed by atoms with Crippen LogP contribution in [0.4, 0.5) is 0 Å². The van der Waals surface area contributed by atoms with Gasteiger partial charge in [-0.3, -0.25) is 4.79 Å². The average Bonchev–Trinajstić information content (AvgIpc) is 3.32. The number of nitrogens with zero attached hydrogens (tertiary/aromatic N) is 1. The van der Waals surface area contributed by atoms with E-state index in [1.165, 1.54) is 19.3 Å². The van der Waals surface area contributed by atoms with Crippen LogP contribution in [0.25, 0.3) is 0 Å². The van der Waals surface area contributed by atoms with Crippen LogP contribution in [0.15, 0.2) is 30.3 Å². The summed E-state index contributed by atoms with van der Waals surface area (Å²) in [7, 11) is 0. The van der Waals surface area contributed by atoms with Crippen molar-refractivity contribution in [3.63, 3.8) is 0 Å². The van der Waals surface area contributed by atoms with Gasteiger partial charge in [0.15, 0.2) is 5.72 Å². The normalized spacial score (nSPS) is 47.9. The number of aliphatic hydroxyl groups excluding tert-OH is 1. The minimum absolute atomic E-state index is 0.0408. The Morgan fingerprint density at radius 3 is 2.60 bits per heavy atom. The van der Waals surface area contributed by atoms with Gasteiger partial charge in [-0.15, -0.1) is 0 Å². The Morgan fingerprint density at radius 2 is 1.84 bits per heavy atom. The van der Waals surface area contributed by atoms with Gasteiger partial charge in [0, 0.05) is 17.5 Å². The summed E-state index contributed by atoms with van der Waals surface area (Å²) in [5.41, 5.74) is 0.482. The zero-order valence-electron chi connectivity index (χ0n) is 14.4. The highest BCUT2D eigenvalue weighted by Crippen LogP contribution is 2.71. The van der Waals surface area contributed by atoms with E-state index in [4.69, 9.17) is 4.74 Å². The number of benzene rings is 1. The van der Waals surface area contributed by atoms with E-state index in [1.807, 2.05) is 18.2 Å². The second-order valence-electron chi connectivity index (χ2n) is 8.75. The van der Waals surface area contributed by atoms with E-state index >= 15 is 0 Å². The lowest BCUT2D eigenvalue weighted by Crippen LogP contribution is -2.53. The van der Waals surface area contributed by atoms with Crippen molar-refractivity contribution in [3.8, 4) is 0 Å². The number of likely N-dealkylation sites (tertiary alicyclic amines) is 1. The first-order valence-electron chi connectivity index (χ1n) is 9.98. The predicted octanol–water partition coefficient (Wildman–Crippen LogP) is 2.66. The molecule has 4 heteroatoms. The van der Waals surface area contributed by atoms with Gasteiger partial charge in [-0.05, 0) is 31.1 Å². The van der Waals surface area contributed by atoms with Crippen LogP contribution in [0.1, 0.15) is 44.1 Å². The molecule has 0 radical (unpaired) electrons. The quantitative estimate of drug-likeness (QED) is 0.901. The van der Waals surface area contributed by atoms with E-state index in [9.17, 15) is 9.90 Å². The van der Waals surface area contributed by atoms with Gasteiger partial charge in [0.1, 0.15) is 0 Å². The van der Waals surface area contributed by atoms with Crippen LogP contribution in [-0.4, -0.2) is 34.2 Å². The van der Waals surface area contributed by atoms with E-state index in [-0.39, 0.29) is 29.8 Å². The van der Waals surface area contributed by atoms with Crippen LogP contribution in [-0.2, 0) is 15.3 Å². The molecule has 5 aliphatic rings. The van der Waals surface area contributed by atoms with Gasteiger partial charge in [0.25, 0.3) is 0 Å². The van der Waals surface area contributed by atoms with Crippen LogP contribution in [0.2, 0.25) is 0 Å². The third-order valence-corrected chi connectivity index (χ3v) is 7.83. The van der Waals surface area contributed by atoms with E-state index in [1.54, 1.807) is 0 Å². The van der Waals surface area contributed by atoms with Crippen molar-refractivity contribution in [1.82, 2.24) is 4.90 Å². The third kappa shape index (κ3) is 1.59. The second-order valence-corrected chi connectivity index (χ2v) is 8.75. The molecular weight excluding hydrogens is 314 g/mol. The summed E-state index contributed by atoms with van der Waals surface area (Å²) >= 11 is 0. The zero-order valence-corrected chi connectivity index (χ0v) is 14.4. The molecule has 7 unspecified atom stereocenters. The molecule has 25 heavy (non-hydrogen) atoms. The lowest BCUT2D eigenvalue weighted by atomic mass is 9.75. The van der Waals surface area contributed by atoms with Crippen molar-refractivity contribution in [2.24, 2.45) is 23.7 Å². The fraction of sp³-hybridized carbons (Fsp3) is 0.667. The van der Waals surface area contributed by atoms with E-state index in [0.717, 1.165) is 24.8 Å². The van der Waals surface area contributed by atoms with Crippen molar-refractivity contribution in [1.29, 1.82) is 0 Å². The summed E-state index contributed by atoms with van der Waals surface area (Å²) in [6, 6.07) is 10.7. The van der Waals surface area contributed by atoms with E-state index in [2.05, 4.69) is 17.0 Å². The number of hydrogen-bond donors (Lipinski definition) is 1. The van der Waals surface area contributed by atoms with Gasteiger partial charge in [0.2, 0.25) is 5.91 Å². The van der Waals surface area contributed by atoms with Gasteiger partial charge in [-0.2, -0.15) is 0 Å². The van der Waals surface area contributed by atoms with Gasteiger partial charge in [0.05, 0.1) is 18.1 Å². The van der Waals surface area contributed by atoms with Crippen molar-refractivity contribution in [2.45, 2.75) is 62.5 Å². The van der Waals surface area contributed by atoms with Crippen molar-refractivity contribution in [3.05, 3.63) is 35.9 Å². The summed E-state index contributed by atoms with van der Waals surface area (Å²) in [5.74, 6) is 0.878. The maximum absolute atomic E-state index is 13.6. The molecule has 1 aromatic carbocycles. The molecule has 4 nitrogen and oxygen atoms in total. The van der Waals surface area contributed by atoms with E-state index in [0.29, 0.717) is 12.0 Å². The van der Waals surface area contributed by atoms with Gasteiger partial charge in [-0.25, -0.2) is 0 Å². The second kappa shape index (κ2) is 4.86. The van der Waals surface area contributed by atoms with Gasteiger partial charge in [-0.1, -0.05) is 49.6 Å². The van der Waals surface area contributed by atoms with E-state index < -0.39 is 11.8 Å². The Bertz CT molecular complexity index is 715. The number of ether oxygens (including phenoxy) is 1. The minimum Gasteiger partial charge on any atom is -0.390 e. The lowest BCUT2D eigenvalue weighted by Gasteiger charge is -2.45. The van der Waals surface area contributed by atoms with Gasteiger partial charge >= 0.3 is 0 Å². The van der Waals surface area contributed by atoms with Crippen LogP contribution < -0.4 is 0 Å². The first-order valence-corrected chi connectivity index (χ1v) is 9.98. The maximum Gasteiger partial charge on any atom is 0.229 e. The largest absolute Gasteiger partial charge is 0.390 e. The topological polar surface area (TPSA) is 49.8 Å². The number of rotatable bonds is 2. The van der Waals surface area contributed by atoms with Crippen LogP contribution in [0, 0.1) is 23.7 Å². The highest BCUT2D eigenvalue weighted by Gasteiger charge is 2.79. The lowest BCUT2D eigenvalue weighted by molar-refractivity contribution is -0.193. The molecule has 1 amide bonds. The molecule has 132 valence electrons. The SMILES string of the molecule is O=C1C2C3CC4C(OC(c5ccccc5)(C42)N1C1CCCCC1)C3O. The molecule has 6 rings (SSSR count). The van der Waals surface area contributed by atoms with Crippen molar-refractivity contribution >= 4 is 5.91 Å². The summed E-state index contributed by atoms with van der Waals surface area (Å²) in [4.78, 5) is 15.7. The fourth-order valence-electron chi connectivity index (χ4n) is 7.05. The average molecular weight is 339 g/mol. The molecule has 2 aliphatic heterocycles. The first-order chi connectivity index (χ1) is 12.2. The van der Waals surface area contributed by atoms with Crippen LogP contribution >= 0.6 is 0 Å². The third-order valence-electron chi connectivity index (χ3n) is 7.83. The molecule has 1 aromatic rings. The molecule has 3 saturated carbocycles.